The predicted molar refractivity (Wildman–Crippen MR) is 123 cm³/mol. The lowest BCUT2D eigenvalue weighted by molar-refractivity contribution is -0.124. The molecule has 1 atom stereocenters. The van der Waals surface area contributed by atoms with Gasteiger partial charge in [0.25, 0.3) is 0 Å². The Labute approximate surface area is 190 Å². The van der Waals surface area contributed by atoms with Crippen molar-refractivity contribution >= 4 is 40.9 Å². The van der Waals surface area contributed by atoms with Crippen LogP contribution in [-0.4, -0.2) is 26.8 Å². The summed E-state index contributed by atoms with van der Waals surface area (Å²) in [6.07, 6.45) is 0.106. The zero-order chi connectivity index (χ0) is 22.0. The maximum atomic E-state index is 12.6. The average molecular weight is 455 g/mol. The van der Waals surface area contributed by atoms with Crippen LogP contribution in [0.5, 0.6) is 0 Å². The van der Waals surface area contributed by atoms with Crippen molar-refractivity contribution in [1.29, 1.82) is 0 Å². The average Bonchev–Trinajstić information content (AvgIpc) is 3.00. The minimum Gasteiger partial charge on any atom is -0.352 e. The third-order valence-corrected chi connectivity index (χ3v) is 6.81. The first kappa shape index (κ1) is 21.5. The van der Waals surface area contributed by atoms with Crippen molar-refractivity contribution in [2.75, 3.05) is 5.32 Å². The van der Waals surface area contributed by atoms with E-state index in [1.165, 1.54) is 17.3 Å². The van der Waals surface area contributed by atoms with Gasteiger partial charge in [-0.25, -0.2) is 0 Å². The van der Waals surface area contributed by atoms with Crippen LogP contribution in [-0.2, 0) is 22.7 Å². The maximum Gasteiger partial charge on any atom is 0.238 e. The number of carbonyl (C=O) groups is 2. The summed E-state index contributed by atoms with van der Waals surface area (Å²) in [7, 11) is 0. The highest BCUT2D eigenvalue weighted by Gasteiger charge is 2.29. The molecule has 3 aromatic rings. The molecule has 2 aromatic carbocycles. The molecule has 0 bridgehead atoms. The van der Waals surface area contributed by atoms with Gasteiger partial charge in [0.05, 0.1) is 23.2 Å². The lowest BCUT2D eigenvalue weighted by Gasteiger charge is -2.23. The van der Waals surface area contributed by atoms with Gasteiger partial charge in [-0.1, -0.05) is 41.9 Å². The number of aromatic nitrogens is 2. The van der Waals surface area contributed by atoms with Crippen molar-refractivity contribution in [2.24, 2.45) is 0 Å². The highest BCUT2D eigenvalue weighted by molar-refractivity contribution is 8.01. The van der Waals surface area contributed by atoms with Gasteiger partial charge in [-0.3, -0.25) is 14.3 Å². The second-order valence-corrected chi connectivity index (χ2v) is 9.19. The smallest absolute Gasteiger partial charge is 0.238 e. The van der Waals surface area contributed by atoms with Crippen LogP contribution in [0, 0.1) is 13.8 Å². The maximum absolute atomic E-state index is 12.6. The van der Waals surface area contributed by atoms with Gasteiger partial charge in [0, 0.05) is 34.1 Å². The second-order valence-electron chi connectivity index (χ2n) is 7.51. The third kappa shape index (κ3) is 4.94. The molecule has 4 rings (SSSR count). The summed E-state index contributed by atoms with van der Waals surface area (Å²) < 4.78 is 1.96. The minimum atomic E-state index is -0.475. The summed E-state index contributed by atoms with van der Waals surface area (Å²) in [5, 5.41) is 10.5. The predicted octanol–water partition coefficient (Wildman–Crippen LogP) is 4.32. The van der Waals surface area contributed by atoms with E-state index in [2.05, 4.69) is 27.9 Å². The topological polar surface area (TPSA) is 76.0 Å². The molecule has 160 valence electrons. The lowest BCUT2D eigenvalue weighted by Crippen LogP contribution is -2.34. The van der Waals surface area contributed by atoms with Crippen molar-refractivity contribution in [3.05, 3.63) is 76.1 Å². The first-order chi connectivity index (χ1) is 14.9. The second kappa shape index (κ2) is 9.16. The summed E-state index contributed by atoms with van der Waals surface area (Å²) in [6, 6.07) is 15.5. The Bertz CT molecular complexity index is 1130. The summed E-state index contributed by atoms with van der Waals surface area (Å²) in [6.45, 7) is 5.03. The summed E-state index contributed by atoms with van der Waals surface area (Å²) >= 11 is 7.37. The van der Waals surface area contributed by atoms with Crippen LogP contribution in [0.2, 0.25) is 5.02 Å². The fraction of sp³-hybridized carbons (Fsp3) is 0.261. The van der Waals surface area contributed by atoms with E-state index < -0.39 is 5.25 Å². The van der Waals surface area contributed by atoms with Crippen LogP contribution in [0.15, 0.2) is 53.4 Å². The number of fused-ring (bicyclic) bond motifs is 1. The largest absolute Gasteiger partial charge is 0.352 e. The van der Waals surface area contributed by atoms with Crippen LogP contribution in [0.25, 0.3) is 0 Å². The number of aryl methyl sites for hydroxylation is 1. The normalized spacial score (nSPS) is 15.3. The number of thioether (sulfide) groups is 1. The van der Waals surface area contributed by atoms with Crippen molar-refractivity contribution in [3.8, 4) is 0 Å². The number of nitrogens with one attached hydrogen (secondary N) is 2. The fourth-order valence-electron chi connectivity index (χ4n) is 3.58. The van der Waals surface area contributed by atoms with E-state index >= 15 is 0 Å². The SMILES string of the molecule is Cc1nn(Cc2ccccc2)c(C)c1CNC(=O)C[C@@H]1Sc2ccc(Cl)cc2NC1=O. The Kier molecular flexibility index (Phi) is 6.34. The van der Waals surface area contributed by atoms with Crippen molar-refractivity contribution in [3.63, 3.8) is 0 Å². The van der Waals surface area contributed by atoms with E-state index in [9.17, 15) is 9.59 Å². The number of carbonyl (C=O) groups excluding carboxylic acids is 2. The standard InChI is InChI=1S/C23H23ClN4O2S/c1-14-18(15(2)28(27-14)13-16-6-4-3-5-7-16)12-25-22(29)11-21-23(30)26-19-10-17(24)8-9-20(19)31-21/h3-10,21H,11-13H2,1-2H3,(H,25,29)(H,26,30)/t21-/m0/s1. The Morgan fingerprint density at radius 1 is 1.23 bits per heavy atom. The van der Waals surface area contributed by atoms with Gasteiger partial charge in [-0.05, 0) is 37.6 Å². The number of benzene rings is 2. The van der Waals surface area contributed by atoms with Crippen molar-refractivity contribution in [1.82, 2.24) is 15.1 Å². The van der Waals surface area contributed by atoms with Crippen LogP contribution >= 0.6 is 23.4 Å². The molecular weight excluding hydrogens is 432 g/mol. The molecule has 1 aliphatic heterocycles. The number of nitrogens with zero attached hydrogens (tertiary/aromatic N) is 2. The third-order valence-electron chi connectivity index (χ3n) is 5.30. The minimum absolute atomic E-state index is 0.106. The molecule has 2 amide bonds. The van der Waals surface area contributed by atoms with Gasteiger partial charge in [0.15, 0.2) is 0 Å². The summed E-state index contributed by atoms with van der Waals surface area (Å²) in [4.78, 5) is 25.9. The molecule has 2 N–H and O–H groups in total. The lowest BCUT2D eigenvalue weighted by atomic mass is 10.2. The van der Waals surface area contributed by atoms with Crippen LogP contribution < -0.4 is 10.6 Å². The van der Waals surface area contributed by atoms with Crippen LogP contribution in [0.4, 0.5) is 5.69 Å². The fourth-order valence-corrected chi connectivity index (χ4v) is 4.85. The molecule has 0 saturated heterocycles. The molecule has 0 radical (unpaired) electrons. The Morgan fingerprint density at radius 2 is 2.00 bits per heavy atom. The molecule has 2 heterocycles. The Balaban J connectivity index is 1.37. The van der Waals surface area contributed by atoms with Gasteiger partial charge >= 0.3 is 0 Å². The molecule has 0 spiro atoms. The molecule has 0 aliphatic carbocycles. The van der Waals surface area contributed by atoms with E-state index in [-0.39, 0.29) is 18.2 Å². The summed E-state index contributed by atoms with van der Waals surface area (Å²) in [5.74, 6) is -0.349. The quantitative estimate of drug-likeness (QED) is 0.581. The van der Waals surface area contributed by atoms with Gasteiger partial charge in [-0.15, -0.1) is 11.8 Å². The van der Waals surface area contributed by atoms with Gasteiger partial charge in [0.2, 0.25) is 11.8 Å². The molecule has 8 heteroatoms. The van der Waals surface area contributed by atoms with Crippen molar-refractivity contribution in [2.45, 2.75) is 43.5 Å². The molecule has 0 unspecified atom stereocenters. The van der Waals surface area contributed by atoms with E-state index in [0.717, 1.165) is 21.8 Å². The molecule has 0 fully saturated rings. The van der Waals surface area contributed by atoms with E-state index in [4.69, 9.17) is 11.6 Å². The zero-order valence-corrected chi connectivity index (χ0v) is 18.9. The van der Waals surface area contributed by atoms with Crippen LogP contribution in [0.1, 0.15) is 28.9 Å². The Morgan fingerprint density at radius 3 is 2.77 bits per heavy atom. The number of hydrogen-bond acceptors (Lipinski definition) is 4. The van der Waals surface area contributed by atoms with Gasteiger partial charge in [0.1, 0.15) is 0 Å². The highest BCUT2D eigenvalue weighted by atomic mass is 35.5. The molecule has 1 aromatic heterocycles. The van der Waals surface area contributed by atoms with E-state index in [1.54, 1.807) is 12.1 Å². The number of halogens is 1. The number of rotatable bonds is 6. The monoisotopic (exact) mass is 454 g/mol. The molecule has 1 aliphatic rings. The number of hydrogen-bond donors (Lipinski definition) is 2. The first-order valence-electron chi connectivity index (χ1n) is 10.0. The number of anilines is 1. The number of amides is 2. The van der Waals surface area contributed by atoms with Crippen molar-refractivity contribution < 1.29 is 9.59 Å². The highest BCUT2D eigenvalue weighted by Crippen LogP contribution is 2.38. The van der Waals surface area contributed by atoms with Gasteiger partial charge in [-0.2, -0.15) is 5.10 Å². The molecule has 0 saturated carbocycles. The van der Waals surface area contributed by atoms with E-state index in [0.29, 0.717) is 23.8 Å². The van der Waals surface area contributed by atoms with Crippen LogP contribution in [0.3, 0.4) is 0 Å². The van der Waals surface area contributed by atoms with E-state index in [1.807, 2.05) is 42.8 Å². The van der Waals surface area contributed by atoms with Gasteiger partial charge < -0.3 is 10.6 Å². The molecular formula is C23H23ClN4O2S. The summed E-state index contributed by atoms with van der Waals surface area (Å²) in [5.41, 5.74) is 4.79. The zero-order valence-electron chi connectivity index (χ0n) is 17.3. The first-order valence-corrected chi connectivity index (χ1v) is 11.3. The Hall–Kier alpha value is -2.77. The molecule has 31 heavy (non-hydrogen) atoms. The molecule has 6 nitrogen and oxygen atoms in total.